The van der Waals surface area contributed by atoms with E-state index in [4.69, 9.17) is 4.74 Å². The van der Waals surface area contributed by atoms with Crippen molar-refractivity contribution in [2.24, 2.45) is 5.92 Å². The lowest BCUT2D eigenvalue weighted by molar-refractivity contribution is 0.0496. The van der Waals surface area contributed by atoms with Crippen LogP contribution in [0.4, 0.5) is 5.69 Å². The SMILES string of the molecule is CC[C@@H](O)c1ccccc1N1CCC(C)C(OC)C1. The molecule has 19 heavy (non-hydrogen) atoms. The van der Waals surface area contributed by atoms with E-state index in [0.717, 1.165) is 37.2 Å². The molecule has 3 nitrogen and oxygen atoms in total. The third-order valence-electron chi connectivity index (χ3n) is 4.22. The first-order chi connectivity index (χ1) is 9.17. The molecule has 1 aromatic rings. The molecule has 1 heterocycles. The van der Waals surface area contributed by atoms with Gasteiger partial charge in [-0.25, -0.2) is 0 Å². The van der Waals surface area contributed by atoms with Crippen molar-refractivity contribution >= 4 is 5.69 Å². The van der Waals surface area contributed by atoms with Crippen molar-refractivity contribution < 1.29 is 9.84 Å². The predicted molar refractivity (Wildman–Crippen MR) is 78.5 cm³/mol. The Morgan fingerprint density at radius 2 is 2.16 bits per heavy atom. The van der Waals surface area contributed by atoms with Gasteiger partial charge < -0.3 is 14.7 Å². The van der Waals surface area contributed by atoms with E-state index >= 15 is 0 Å². The van der Waals surface area contributed by atoms with Crippen molar-refractivity contribution in [1.29, 1.82) is 0 Å². The highest BCUT2D eigenvalue weighted by molar-refractivity contribution is 5.55. The van der Waals surface area contributed by atoms with Gasteiger partial charge in [-0.2, -0.15) is 0 Å². The first-order valence-electron chi connectivity index (χ1n) is 7.22. The van der Waals surface area contributed by atoms with Crippen LogP contribution in [0.3, 0.4) is 0 Å². The van der Waals surface area contributed by atoms with Gasteiger partial charge in [0.25, 0.3) is 0 Å². The quantitative estimate of drug-likeness (QED) is 0.906. The van der Waals surface area contributed by atoms with E-state index in [9.17, 15) is 5.11 Å². The van der Waals surface area contributed by atoms with E-state index in [0.29, 0.717) is 5.92 Å². The summed E-state index contributed by atoms with van der Waals surface area (Å²) in [5, 5.41) is 10.2. The molecule has 1 aliphatic heterocycles. The Bertz CT molecular complexity index is 407. The van der Waals surface area contributed by atoms with E-state index in [2.05, 4.69) is 17.9 Å². The minimum Gasteiger partial charge on any atom is -0.388 e. The van der Waals surface area contributed by atoms with Crippen LogP contribution in [0.15, 0.2) is 24.3 Å². The number of nitrogens with zero attached hydrogens (tertiary/aromatic N) is 1. The molecule has 1 aliphatic rings. The Morgan fingerprint density at radius 3 is 2.84 bits per heavy atom. The minimum absolute atomic E-state index is 0.278. The fraction of sp³-hybridized carbons (Fsp3) is 0.625. The molecule has 0 amide bonds. The smallest absolute Gasteiger partial charge is 0.0807 e. The second-order valence-electron chi connectivity index (χ2n) is 5.47. The number of aliphatic hydroxyl groups is 1. The van der Waals surface area contributed by atoms with Crippen molar-refractivity contribution in [3.63, 3.8) is 0 Å². The Kier molecular flexibility index (Phi) is 4.83. The number of ether oxygens (including phenoxy) is 1. The fourth-order valence-electron chi connectivity index (χ4n) is 2.84. The number of anilines is 1. The zero-order valence-electron chi connectivity index (χ0n) is 12.2. The van der Waals surface area contributed by atoms with Crippen LogP contribution in [-0.2, 0) is 4.74 Å². The summed E-state index contributed by atoms with van der Waals surface area (Å²) < 4.78 is 5.58. The summed E-state index contributed by atoms with van der Waals surface area (Å²) in [5.41, 5.74) is 2.19. The molecule has 1 saturated heterocycles. The number of rotatable bonds is 4. The minimum atomic E-state index is -0.378. The lowest BCUT2D eigenvalue weighted by Gasteiger charge is -2.38. The van der Waals surface area contributed by atoms with Crippen LogP contribution in [0.5, 0.6) is 0 Å². The second kappa shape index (κ2) is 6.40. The van der Waals surface area contributed by atoms with E-state index in [1.54, 1.807) is 7.11 Å². The Hall–Kier alpha value is -1.06. The molecule has 0 radical (unpaired) electrons. The molecule has 0 saturated carbocycles. The third kappa shape index (κ3) is 3.10. The van der Waals surface area contributed by atoms with Gasteiger partial charge in [-0.1, -0.05) is 32.0 Å². The highest BCUT2D eigenvalue weighted by Gasteiger charge is 2.27. The normalized spacial score (nSPS) is 25.4. The molecular weight excluding hydrogens is 238 g/mol. The largest absolute Gasteiger partial charge is 0.388 e. The summed E-state index contributed by atoms with van der Waals surface area (Å²) in [6.07, 6.45) is 1.78. The van der Waals surface area contributed by atoms with Gasteiger partial charge in [0.15, 0.2) is 0 Å². The Morgan fingerprint density at radius 1 is 1.42 bits per heavy atom. The maximum Gasteiger partial charge on any atom is 0.0807 e. The number of hydrogen-bond acceptors (Lipinski definition) is 3. The lowest BCUT2D eigenvalue weighted by atomic mass is 9.94. The summed E-state index contributed by atoms with van der Waals surface area (Å²) >= 11 is 0. The highest BCUT2D eigenvalue weighted by Crippen LogP contribution is 2.31. The molecule has 1 fully saturated rings. The fourth-order valence-corrected chi connectivity index (χ4v) is 2.84. The van der Waals surface area contributed by atoms with Crippen molar-refractivity contribution in [3.8, 4) is 0 Å². The van der Waals surface area contributed by atoms with Crippen LogP contribution < -0.4 is 4.90 Å². The van der Waals surface area contributed by atoms with Crippen molar-refractivity contribution in [1.82, 2.24) is 0 Å². The molecule has 3 atom stereocenters. The number of benzene rings is 1. The standard InChI is InChI=1S/C16H25NO2/c1-4-15(18)13-7-5-6-8-14(13)17-10-9-12(2)16(11-17)19-3/h5-8,12,15-16,18H,4,9-11H2,1-3H3/t12?,15-,16?/m1/s1. The Balaban J connectivity index is 2.22. The van der Waals surface area contributed by atoms with Crippen LogP contribution in [0.1, 0.15) is 38.4 Å². The van der Waals surface area contributed by atoms with Crippen LogP contribution in [0.2, 0.25) is 0 Å². The maximum atomic E-state index is 10.2. The van der Waals surface area contributed by atoms with Crippen LogP contribution in [0, 0.1) is 5.92 Å². The third-order valence-corrected chi connectivity index (χ3v) is 4.22. The van der Waals surface area contributed by atoms with Crippen molar-refractivity contribution in [2.45, 2.75) is 38.9 Å². The van der Waals surface area contributed by atoms with Gasteiger partial charge in [-0.05, 0) is 24.8 Å². The van der Waals surface area contributed by atoms with E-state index in [1.807, 2.05) is 25.1 Å². The number of hydrogen-bond donors (Lipinski definition) is 1. The molecule has 0 bridgehead atoms. The molecular formula is C16H25NO2. The molecule has 0 spiro atoms. The average molecular weight is 263 g/mol. The van der Waals surface area contributed by atoms with Gasteiger partial charge >= 0.3 is 0 Å². The summed E-state index contributed by atoms with van der Waals surface area (Å²) in [4.78, 5) is 2.35. The number of aliphatic hydroxyl groups excluding tert-OH is 1. The van der Waals surface area contributed by atoms with Crippen molar-refractivity contribution in [2.75, 3.05) is 25.1 Å². The first-order valence-corrected chi connectivity index (χ1v) is 7.22. The van der Waals surface area contributed by atoms with Gasteiger partial charge in [-0.3, -0.25) is 0 Å². The molecule has 2 rings (SSSR count). The Labute approximate surface area is 116 Å². The first kappa shape index (κ1) is 14.4. The van der Waals surface area contributed by atoms with E-state index in [-0.39, 0.29) is 12.2 Å². The molecule has 2 unspecified atom stereocenters. The molecule has 0 aromatic heterocycles. The lowest BCUT2D eigenvalue weighted by Crippen LogP contribution is -2.44. The van der Waals surface area contributed by atoms with E-state index in [1.165, 1.54) is 0 Å². The number of piperidine rings is 1. The van der Waals surface area contributed by atoms with Crippen LogP contribution >= 0.6 is 0 Å². The average Bonchev–Trinajstić information content (AvgIpc) is 2.47. The monoisotopic (exact) mass is 263 g/mol. The zero-order chi connectivity index (χ0) is 13.8. The van der Waals surface area contributed by atoms with Gasteiger partial charge in [0.2, 0.25) is 0 Å². The summed E-state index contributed by atoms with van der Waals surface area (Å²) in [6, 6.07) is 8.18. The van der Waals surface area contributed by atoms with E-state index < -0.39 is 0 Å². The second-order valence-corrected chi connectivity index (χ2v) is 5.47. The zero-order valence-corrected chi connectivity index (χ0v) is 12.2. The maximum absolute atomic E-state index is 10.2. The molecule has 1 N–H and O–H groups in total. The number of para-hydroxylation sites is 1. The van der Waals surface area contributed by atoms with Crippen LogP contribution in [0.25, 0.3) is 0 Å². The summed E-state index contributed by atoms with van der Waals surface area (Å²) in [7, 11) is 1.79. The highest BCUT2D eigenvalue weighted by atomic mass is 16.5. The summed E-state index contributed by atoms with van der Waals surface area (Å²) in [5.74, 6) is 0.601. The van der Waals surface area contributed by atoms with Gasteiger partial charge in [-0.15, -0.1) is 0 Å². The van der Waals surface area contributed by atoms with Gasteiger partial charge in [0.1, 0.15) is 0 Å². The summed E-state index contributed by atoms with van der Waals surface area (Å²) in [6.45, 7) is 6.20. The number of methoxy groups -OCH3 is 1. The van der Waals surface area contributed by atoms with Crippen molar-refractivity contribution in [3.05, 3.63) is 29.8 Å². The molecule has 3 heteroatoms. The predicted octanol–water partition coefficient (Wildman–Crippen LogP) is 2.99. The molecule has 0 aliphatic carbocycles. The van der Waals surface area contributed by atoms with Gasteiger partial charge in [0.05, 0.1) is 12.2 Å². The topological polar surface area (TPSA) is 32.7 Å². The molecule has 1 aromatic carbocycles. The van der Waals surface area contributed by atoms with Crippen LogP contribution in [-0.4, -0.2) is 31.4 Å². The van der Waals surface area contributed by atoms with Gasteiger partial charge in [0, 0.05) is 31.5 Å². The molecule has 106 valence electrons.